The Balaban J connectivity index is 1.99. The third-order valence-electron chi connectivity index (χ3n) is 4.12. The van der Waals surface area contributed by atoms with Crippen molar-refractivity contribution < 1.29 is 9.13 Å². The van der Waals surface area contributed by atoms with Crippen molar-refractivity contribution >= 4 is 0 Å². The molecule has 2 aromatic rings. The Labute approximate surface area is 132 Å². The summed E-state index contributed by atoms with van der Waals surface area (Å²) in [4.78, 5) is 0. The van der Waals surface area contributed by atoms with Crippen molar-refractivity contribution in [1.29, 1.82) is 0 Å². The number of hydrogen-bond acceptors (Lipinski definition) is 2. The fourth-order valence-electron chi connectivity index (χ4n) is 2.58. The van der Waals surface area contributed by atoms with Gasteiger partial charge in [0, 0.05) is 0 Å². The Kier molecular flexibility index (Phi) is 5.56. The van der Waals surface area contributed by atoms with E-state index in [1.165, 1.54) is 17.2 Å². The Morgan fingerprint density at radius 3 is 2.45 bits per heavy atom. The van der Waals surface area contributed by atoms with E-state index in [2.05, 4.69) is 32.9 Å². The lowest BCUT2D eigenvalue weighted by Crippen LogP contribution is -2.16. The molecule has 0 bridgehead atoms. The summed E-state index contributed by atoms with van der Waals surface area (Å²) in [6, 6.07) is 10.9. The summed E-state index contributed by atoms with van der Waals surface area (Å²) in [5.74, 6) is 0.808. The number of ether oxygens (including phenoxy) is 1. The average Bonchev–Trinajstić information content (AvgIpc) is 2.48. The molecule has 3 heteroatoms. The number of benzene rings is 2. The van der Waals surface area contributed by atoms with Gasteiger partial charge in [0.15, 0.2) is 0 Å². The number of halogens is 1. The van der Waals surface area contributed by atoms with Crippen LogP contribution in [0.4, 0.5) is 4.39 Å². The van der Waals surface area contributed by atoms with Crippen molar-refractivity contribution in [2.45, 2.75) is 33.1 Å². The molecule has 2 nitrogen and oxygen atoms in total. The Morgan fingerprint density at radius 2 is 1.77 bits per heavy atom. The Bertz CT molecular complexity index is 639. The van der Waals surface area contributed by atoms with Crippen LogP contribution in [-0.4, -0.2) is 13.2 Å². The van der Waals surface area contributed by atoms with E-state index in [9.17, 15) is 4.39 Å². The molecule has 2 rings (SSSR count). The normalized spacial score (nSPS) is 12.2. The fraction of sp³-hybridized carbons (Fsp3) is 0.368. The van der Waals surface area contributed by atoms with Crippen LogP contribution < -0.4 is 10.5 Å². The van der Waals surface area contributed by atoms with Crippen molar-refractivity contribution in [2.24, 2.45) is 5.73 Å². The highest BCUT2D eigenvalue weighted by atomic mass is 19.1. The predicted molar refractivity (Wildman–Crippen MR) is 89.0 cm³/mol. The van der Waals surface area contributed by atoms with Crippen LogP contribution in [0.1, 0.15) is 34.6 Å². The summed E-state index contributed by atoms with van der Waals surface area (Å²) >= 11 is 0. The standard InChI is InChI=1S/C19H24FNO/c1-13-9-15(3)19(10-14(13)2)22-8-7-17(12-21)16-5-4-6-18(20)11-16/h4-6,9-11,17H,7-8,12,21H2,1-3H3. The van der Waals surface area contributed by atoms with E-state index < -0.39 is 0 Å². The second-order valence-corrected chi connectivity index (χ2v) is 5.83. The van der Waals surface area contributed by atoms with Crippen LogP contribution in [0.15, 0.2) is 36.4 Å². The van der Waals surface area contributed by atoms with Crippen LogP contribution in [0, 0.1) is 26.6 Å². The van der Waals surface area contributed by atoms with Gasteiger partial charge in [0.05, 0.1) is 6.61 Å². The van der Waals surface area contributed by atoms with Crippen LogP contribution in [0.3, 0.4) is 0 Å². The number of nitrogens with two attached hydrogens (primary N) is 1. The Morgan fingerprint density at radius 1 is 1.05 bits per heavy atom. The van der Waals surface area contributed by atoms with Gasteiger partial charge in [-0.2, -0.15) is 0 Å². The zero-order valence-corrected chi connectivity index (χ0v) is 13.5. The summed E-state index contributed by atoms with van der Waals surface area (Å²) in [7, 11) is 0. The molecule has 0 amide bonds. The van der Waals surface area contributed by atoms with Crippen molar-refractivity contribution in [1.82, 2.24) is 0 Å². The van der Waals surface area contributed by atoms with Crippen LogP contribution >= 0.6 is 0 Å². The van der Waals surface area contributed by atoms with Gasteiger partial charge in [-0.15, -0.1) is 0 Å². The van der Waals surface area contributed by atoms with Gasteiger partial charge in [-0.05, 0) is 80.1 Å². The van der Waals surface area contributed by atoms with Gasteiger partial charge in [0.1, 0.15) is 11.6 Å². The van der Waals surface area contributed by atoms with E-state index in [1.807, 2.05) is 6.07 Å². The van der Waals surface area contributed by atoms with Gasteiger partial charge in [-0.25, -0.2) is 4.39 Å². The molecule has 1 unspecified atom stereocenters. The maximum atomic E-state index is 13.3. The van der Waals surface area contributed by atoms with E-state index in [1.54, 1.807) is 12.1 Å². The SMILES string of the molecule is Cc1cc(C)c(OCCC(CN)c2cccc(F)c2)cc1C. The molecule has 0 aliphatic carbocycles. The lowest BCUT2D eigenvalue weighted by atomic mass is 9.96. The topological polar surface area (TPSA) is 35.2 Å². The Hall–Kier alpha value is -1.87. The highest BCUT2D eigenvalue weighted by molar-refractivity contribution is 5.40. The van der Waals surface area contributed by atoms with Gasteiger partial charge >= 0.3 is 0 Å². The largest absolute Gasteiger partial charge is 0.493 e. The van der Waals surface area contributed by atoms with Gasteiger partial charge in [0.25, 0.3) is 0 Å². The molecule has 0 fully saturated rings. The first-order valence-electron chi connectivity index (χ1n) is 7.67. The molecule has 0 radical (unpaired) electrons. The highest BCUT2D eigenvalue weighted by Crippen LogP contribution is 2.24. The summed E-state index contributed by atoms with van der Waals surface area (Å²) in [5.41, 5.74) is 10.4. The van der Waals surface area contributed by atoms with Crippen LogP contribution in [-0.2, 0) is 0 Å². The monoisotopic (exact) mass is 301 g/mol. The van der Waals surface area contributed by atoms with Gasteiger partial charge < -0.3 is 10.5 Å². The summed E-state index contributed by atoms with van der Waals surface area (Å²) in [5, 5.41) is 0. The zero-order chi connectivity index (χ0) is 16.1. The minimum atomic E-state index is -0.220. The molecular weight excluding hydrogens is 277 g/mol. The molecule has 0 saturated carbocycles. The molecule has 0 aromatic heterocycles. The molecular formula is C19H24FNO. The summed E-state index contributed by atoms with van der Waals surface area (Å²) in [6.45, 7) is 7.28. The summed E-state index contributed by atoms with van der Waals surface area (Å²) in [6.07, 6.45) is 0.770. The zero-order valence-electron chi connectivity index (χ0n) is 13.5. The van der Waals surface area contributed by atoms with Gasteiger partial charge in [-0.3, -0.25) is 0 Å². The molecule has 118 valence electrons. The second kappa shape index (κ2) is 7.41. The maximum Gasteiger partial charge on any atom is 0.123 e. The lowest BCUT2D eigenvalue weighted by Gasteiger charge is -2.17. The van der Waals surface area contributed by atoms with Gasteiger partial charge in [-0.1, -0.05) is 18.2 Å². The quantitative estimate of drug-likeness (QED) is 0.865. The average molecular weight is 301 g/mol. The number of aryl methyl sites for hydroxylation is 3. The molecule has 0 heterocycles. The first-order valence-corrected chi connectivity index (χ1v) is 7.67. The fourth-order valence-corrected chi connectivity index (χ4v) is 2.58. The molecule has 0 aliphatic heterocycles. The first-order chi connectivity index (χ1) is 10.5. The minimum Gasteiger partial charge on any atom is -0.493 e. The van der Waals surface area contributed by atoms with E-state index in [4.69, 9.17) is 10.5 Å². The molecule has 2 N–H and O–H groups in total. The van der Waals surface area contributed by atoms with Crippen molar-refractivity contribution in [3.05, 3.63) is 64.5 Å². The third-order valence-corrected chi connectivity index (χ3v) is 4.12. The van der Waals surface area contributed by atoms with E-state index in [-0.39, 0.29) is 11.7 Å². The van der Waals surface area contributed by atoms with E-state index >= 15 is 0 Å². The maximum absolute atomic E-state index is 13.3. The van der Waals surface area contributed by atoms with Crippen LogP contribution in [0.5, 0.6) is 5.75 Å². The minimum absolute atomic E-state index is 0.113. The number of hydrogen-bond donors (Lipinski definition) is 1. The second-order valence-electron chi connectivity index (χ2n) is 5.83. The molecule has 0 aliphatic rings. The summed E-state index contributed by atoms with van der Waals surface area (Å²) < 4.78 is 19.2. The van der Waals surface area contributed by atoms with Crippen molar-refractivity contribution in [3.63, 3.8) is 0 Å². The third kappa shape index (κ3) is 4.08. The molecule has 0 saturated heterocycles. The highest BCUT2D eigenvalue weighted by Gasteiger charge is 2.11. The molecule has 1 atom stereocenters. The molecule has 0 spiro atoms. The smallest absolute Gasteiger partial charge is 0.123 e. The molecule has 2 aromatic carbocycles. The van der Waals surface area contributed by atoms with Crippen LogP contribution in [0.25, 0.3) is 0 Å². The van der Waals surface area contributed by atoms with Crippen LogP contribution in [0.2, 0.25) is 0 Å². The van der Waals surface area contributed by atoms with Crippen molar-refractivity contribution in [2.75, 3.05) is 13.2 Å². The van der Waals surface area contributed by atoms with E-state index in [0.29, 0.717) is 13.2 Å². The predicted octanol–water partition coefficient (Wildman–Crippen LogP) is 4.26. The van der Waals surface area contributed by atoms with E-state index in [0.717, 1.165) is 23.3 Å². The van der Waals surface area contributed by atoms with Crippen molar-refractivity contribution in [3.8, 4) is 5.75 Å². The molecule has 22 heavy (non-hydrogen) atoms. The first kappa shape index (κ1) is 16.5. The number of rotatable bonds is 6. The lowest BCUT2D eigenvalue weighted by molar-refractivity contribution is 0.296. The van der Waals surface area contributed by atoms with Gasteiger partial charge in [0.2, 0.25) is 0 Å².